The quantitative estimate of drug-likeness (QED) is 0.763. The average Bonchev–Trinajstić information content (AvgIpc) is 2.62. The van der Waals surface area contributed by atoms with Crippen molar-refractivity contribution in [2.45, 2.75) is 6.54 Å². The van der Waals surface area contributed by atoms with Crippen LogP contribution in [0.25, 0.3) is 0 Å². The molecule has 1 aromatic heterocycles. The van der Waals surface area contributed by atoms with Crippen LogP contribution in [-0.2, 0) is 11.3 Å². The molecule has 1 fully saturated rings. The molecule has 1 aromatic carbocycles. The third kappa shape index (κ3) is 4.39. The van der Waals surface area contributed by atoms with Crippen molar-refractivity contribution in [2.75, 3.05) is 36.5 Å². The highest BCUT2D eigenvalue weighted by atomic mass is 79.9. The van der Waals surface area contributed by atoms with Gasteiger partial charge in [0.05, 0.1) is 18.8 Å². The molecule has 2 aromatic rings. The Labute approximate surface area is 158 Å². The molecular formula is C16H17BrClN5O2. The molecule has 2 heterocycles. The molecule has 1 aliphatic rings. The lowest BCUT2D eigenvalue weighted by Gasteiger charge is -2.31. The number of ether oxygens (including phenoxy) is 1. The number of aromatic nitrogens is 2. The number of halogens is 2. The van der Waals surface area contributed by atoms with E-state index in [1.54, 1.807) is 0 Å². The number of hydrogen-bond donors (Lipinski definition) is 2. The fourth-order valence-electron chi connectivity index (χ4n) is 2.65. The van der Waals surface area contributed by atoms with Gasteiger partial charge in [-0.1, -0.05) is 33.6 Å². The van der Waals surface area contributed by atoms with E-state index in [1.165, 1.54) is 6.07 Å². The van der Waals surface area contributed by atoms with E-state index in [9.17, 15) is 4.79 Å². The van der Waals surface area contributed by atoms with Gasteiger partial charge in [-0.15, -0.1) is 10.2 Å². The molecular weight excluding hydrogens is 410 g/mol. The van der Waals surface area contributed by atoms with Gasteiger partial charge >= 0.3 is 0 Å². The lowest BCUT2D eigenvalue weighted by molar-refractivity contribution is 0.100. The Morgan fingerprint density at radius 3 is 2.80 bits per heavy atom. The Morgan fingerprint density at radius 2 is 2.08 bits per heavy atom. The van der Waals surface area contributed by atoms with Crippen molar-refractivity contribution in [3.63, 3.8) is 0 Å². The first kappa shape index (κ1) is 17.9. The van der Waals surface area contributed by atoms with Crippen molar-refractivity contribution in [1.82, 2.24) is 10.2 Å². The Morgan fingerprint density at radius 1 is 1.32 bits per heavy atom. The second-order valence-electron chi connectivity index (χ2n) is 5.52. The summed E-state index contributed by atoms with van der Waals surface area (Å²) in [6, 6.07) is 7.48. The largest absolute Gasteiger partial charge is 0.378 e. The molecule has 0 radical (unpaired) electrons. The van der Waals surface area contributed by atoms with Gasteiger partial charge in [0, 0.05) is 29.8 Å². The summed E-state index contributed by atoms with van der Waals surface area (Å²) >= 11 is 9.31. The summed E-state index contributed by atoms with van der Waals surface area (Å²) in [6.45, 7) is 3.53. The fraction of sp³-hybridized carbons (Fsp3) is 0.312. The number of nitrogens with two attached hydrogens (primary N) is 1. The maximum atomic E-state index is 11.6. The van der Waals surface area contributed by atoms with Crippen LogP contribution in [0.2, 0.25) is 5.15 Å². The molecule has 0 saturated carbocycles. The highest BCUT2D eigenvalue weighted by molar-refractivity contribution is 9.10. The molecule has 0 aliphatic carbocycles. The maximum Gasteiger partial charge on any atom is 0.252 e. The lowest BCUT2D eigenvalue weighted by atomic mass is 10.1. The molecule has 9 heteroatoms. The molecule has 7 nitrogen and oxygen atoms in total. The van der Waals surface area contributed by atoms with Gasteiger partial charge in [0.15, 0.2) is 11.0 Å². The van der Waals surface area contributed by atoms with E-state index in [0.29, 0.717) is 25.6 Å². The predicted molar refractivity (Wildman–Crippen MR) is 100 cm³/mol. The Bertz CT molecular complexity index is 783. The Balaban J connectivity index is 1.83. The molecule has 132 valence electrons. The van der Waals surface area contributed by atoms with Crippen LogP contribution in [0.3, 0.4) is 0 Å². The normalized spacial score (nSPS) is 14.4. The summed E-state index contributed by atoms with van der Waals surface area (Å²) in [4.78, 5) is 13.8. The number of anilines is 2. The molecule has 1 saturated heterocycles. The van der Waals surface area contributed by atoms with E-state index in [0.717, 1.165) is 28.8 Å². The summed E-state index contributed by atoms with van der Waals surface area (Å²) < 4.78 is 6.42. The van der Waals surface area contributed by atoms with Crippen molar-refractivity contribution in [3.05, 3.63) is 45.0 Å². The molecule has 0 spiro atoms. The zero-order chi connectivity index (χ0) is 17.8. The summed E-state index contributed by atoms with van der Waals surface area (Å²) in [7, 11) is 0. The van der Waals surface area contributed by atoms with Crippen LogP contribution in [0.1, 0.15) is 15.9 Å². The van der Waals surface area contributed by atoms with Crippen molar-refractivity contribution >= 4 is 44.9 Å². The van der Waals surface area contributed by atoms with Crippen molar-refractivity contribution < 1.29 is 9.53 Å². The van der Waals surface area contributed by atoms with E-state index in [2.05, 4.69) is 42.4 Å². The van der Waals surface area contributed by atoms with Crippen LogP contribution >= 0.6 is 27.5 Å². The first-order valence-corrected chi connectivity index (χ1v) is 8.89. The third-order valence-corrected chi connectivity index (χ3v) is 4.55. The van der Waals surface area contributed by atoms with Crippen molar-refractivity contribution in [1.29, 1.82) is 0 Å². The zero-order valence-corrected chi connectivity index (χ0v) is 15.7. The molecule has 25 heavy (non-hydrogen) atoms. The van der Waals surface area contributed by atoms with Crippen molar-refractivity contribution in [3.8, 4) is 0 Å². The van der Waals surface area contributed by atoms with Crippen LogP contribution in [-0.4, -0.2) is 42.4 Å². The SMILES string of the molecule is NC(=O)c1cc(Cl)nnc1NCc1ccc(Br)cc1N1CCOCC1. The number of benzene rings is 1. The Kier molecular flexibility index (Phi) is 5.72. The molecule has 3 rings (SSSR count). The zero-order valence-electron chi connectivity index (χ0n) is 13.3. The maximum absolute atomic E-state index is 11.6. The van der Waals surface area contributed by atoms with Gasteiger partial charge in [0.1, 0.15) is 0 Å². The van der Waals surface area contributed by atoms with Crippen LogP contribution in [0.5, 0.6) is 0 Å². The second-order valence-corrected chi connectivity index (χ2v) is 6.82. The number of rotatable bonds is 5. The van der Waals surface area contributed by atoms with Crippen LogP contribution < -0.4 is 16.0 Å². The van der Waals surface area contributed by atoms with Gasteiger partial charge in [-0.05, 0) is 23.8 Å². The first-order valence-electron chi connectivity index (χ1n) is 7.72. The van der Waals surface area contributed by atoms with Crippen LogP contribution in [0, 0.1) is 0 Å². The topological polar surface area (TPSA) is 93.4 Å². The van der Waals surface area contributed by atoms with E-state index >= 15 is 0 Å². The van der Waals surface area contributed by atoms with Crippen LogP contribution in [0.4, 0.5) is 11.5 Å². The standard InChI is InChI=1S/C16H17BrClN5O2/c17-11-2-1-10(13(7-11)23-3-5-25-6-4-23)9-20-16-12(15(19)24)8-14(18)21-22-16/h1-2,7-8H,3-6,9H2,(H2,19,24)(H,20,22). The Hall–Kier alpha value is -1.90. The fourth-order valence-corrected chi connectivity index (χ4v) is 3.15. The lowest BCUT2D eigenvalue weighted by Crippen LogP contribution is -2.37. The van der Waals surface area contributed by atoms with E-state index in [-0.39, 0.29) is 10.7 Å². The average molecular weight is 427 g/mol. The number of carbonyl (C=O) groups excluding carboxylic acids is 1. The predicted octanol–water partition coefficient (Wildman–Crippen LogP) is 2.44. The minimum absolute atomic E-state index is 0.122. The molecule has 1 amide bonds. The number of amides is 1. The van der Waals surface area contributed by atoms with Crippen LogP contribution in [0.15, 0.2) is 28.7 Å². The molecule has 3 N–H and O–H groups in total. The van der Waals surface area contributed by atoms with Crippen molar-refractivity contribution in [2.24, 2.45) is 5.73 Å². The molecule has 0 bridgehead atoms. The number of nitrogens with zero attached hydrogens (tertiary/aromatic N) is 3. The summed E-state index contributed by atoms with van der Waals surface area (Å²) in [5.41, 5.74) is 7.77. The monoisotopic (exact) mass is 425 g/mol. The van der Waals surface area contributed by atoms with Gasteiger partial charge in [-0.2, -0.15) is 0 Å². The number of carbonyl (C=O) groups is 1. The number of primary amides is 1. The summed E-state index contributed by atoms with van der Waals surface area (Å²) in [5.74, 6) is -0.295. The highest BCUT2D eigenvalue weighted by Crippen LogP contribution is 2.27. The highest BCUT2D eigenvalue weighted by Gasteiger charge is 2.17. The minimum atomic E-state index is -0.608. The van der Waals surface area contributed by atoms with Gasteiger partial charge < -0.3 is 20.7 Å². The summed E-state index contributed by atoms with van der Waals surface area (Å²) in [6.07, 6.45) is 0. The summed E-state index contributed by atoms with van der Waals surface area (Å²) in [5, 5.41) is 11.0. The molecule has 1 aliphatic heterocycles. The second kappa shape index (κ2) is 7.99. The number of nitrogens with one attached hydrogen (secondary N) is 1. The minimum Gasteiger partial charge on any atom is -0.378 e. The third-order valence-electron chi connectivity index (χ3n) is 3.87. The molecule has 0 atom stereocenters. The molecule has 0 unspecified atom stereocenters. The van der Waals surface area contributed by atoms with E-state index < -0.39 is 5.91 Å². The first-order chi connectivity index (χ1) is 12.0. The van der Waals surface area contributed by atoms with Gasteiger partial charge in [0.25, 0.3) is 5.91 Å². The van der Waals surface area contributed by atoms with E-state index in [4.69, 9.17) is 22.1 Å². The van der Waals surface area contributed by atoms with E-state index in [1.807, 2.05) is 12.1 Å². The van der Waals surface area contributed by atoms with Gasteiger partial charge in [0.2, 0.25) is 0 Å². The van der Waals surface area contributed by atoms with Gasteiger partial charge in [-0.3, -0.25) is 4.79 Å². The number of hydrogen-bond acceptors (Lipinski definition) is 6. The number of morpholine rings is 1. The van der Waals surface area contributed by atoms with Gasteiger partial charge in [-0.25, -0.2) is 0 Å². The smallest absolute Gasteiger partial charge is 0.252 e.